The van der Waals surface area contributed by atoms with Gasteiger partial charge in [-0.2, -0.15) is 0 Å². The summed E-state index contributed by atoms with van der Waals surface area (Å²) in [5.74, 6) is 0.968. The van der Waals surface area contributed by atoms with E-state index in [1.165, 1.54) is 21.5 Å². The first kappa shape index (κ1) is 10.1. The average Bonchev–Trinajstić information content (AvgIpc) is 2.39. The van der Waals surface area contributed by atoms with Crippen LogP contribution in [0, 0.1) is 0 Å². The Morgan fingerprint density at radius 1 is 0.941 bits per heavy atom. The van der Waals surface area contributed by atoms with Gasteiger partial charge in [0, 0.05) is 18.1 Å². The molecule has 2 nitrogen and oxygen atoms in total. The Balaban J connectivity index is 2.40. The van der Waals surface area contributed by atoms with E-state index in [1.807, 2.05) is 6.20 Å². The fraction of sp³-hybridized carbons (Fsp3) is 0.133. The van der Waals surface area contributed by atoms with Crippen molar-refractivity contribution in [3.63, 3.8) is 0 Å². The van der Waals surface area contributed by atoms with Gasteiger partial charge < -0.3 is 5.32 Å². The lowest BCUT2D eigenvalue weighted by atomic mass is 10.0. The van der Waals surface area contributed by atoms with Crippen LogP contribution in [0.5, 0.6) is 0 Å². The fourth-order valence-corrected chi connectivity index (χ4v) is 2.25. The van der Waals surface area contributed by atoms with Crippen molar-refractivity contribution in [2.24, 2.45) is 0 Å². The summed E-state index contributed by atoms with van der Waals surface area (Å²) in [6.45, 7) is 2.97. The van der Waals surface area contributed by atoms with E-state index in [1.54, 1.807) is 0 Å². The smallest absolute Gasteiger partial charge is 0.133 e. The summed E-state index contributed by atoms with van der Waals surface area (Å²) in [7, 11) is 0. The molecule has 0 unspecified atom stereocenters. The third kappa shape index (κ3) is 1.62. The molecule has 0 fully saturated rings. The molecule has 1 aromatic heterocycles. The molecule has 0 aliphatic rings. The minimum atomic E-state index is 0.888. The molecule has 2 aromatic carbocycles. The number of fused-ring (bicyclic) bond motifs is 3. The van der Waals surface area contributed by atoms with Crippen molar-refractivity contribution in [3.8, 4) is 0 Å². The molecule has 1 N–H and O–H groups in total. The van der Waals surface area contributed by atoms with Crippen LogP contribution in [0.3, 0.4) is 0 Å². The molecule has 0 bridgehead atoms. The molecule has 0 amide bonds. The van der Waals surface area contributed by atoms with Gasteiger partial charge in [-0.1, -0.05) is 36.4 Å². The maximum atomic E-state index is 4.39. The lowest BCUT2D eigenvalue weighted by Gasteiger charge is -2.08. The number of hydrogen-bond donors (Lipinski definition) is 1. The molecule has 3 aromatic rings. The fourth-order valence-electron chi connectivity index (χ4n) is 2.25. The van der Waals surface area contributed by atoms with Crippen molar-refractivity contribution >= 4 is 27.4 Å². The average molecular weight is 222 g/mol. The lowest BCUT2D eigenvalue weighted by molar-refractivity contribution is 1.17. The second-order valence-electron chi connectivity index (χ2n) is 4.07. The van der Waals surface area contributed by atoms with E-state index in [2.05, 4.69) is 59.7 Å². The normalized spacial score (nSPS) is 10.9. The third-order valence-corrected chi connectivity index (χ3v) is 3.01. The largest absolute Gasteiger partial charge is 0.370 e. The summed E-state index contributed by atoms with van der Waals surface area (Å²) < 4.78 is 0. The minimum Gasteiger partial charge on any atom is -0.370 e. The van der Waals surface area contributed by atoms with Gasteiger partial charge in [-0.05, 0) is 29.1 Å². The highest BCUT2D eigenvalue weighted by Crippen LogP contribution is 2.28. The van der Waals surface area contributed by atoms with Crippen LogP contribution in [-0.4, -0.2) is 11.5 Å². The molecular formula is C15H14N2. The number of hydrogen-bond acceptors (Lipinski definition) is 2. The second-order valence-corrected chi connectivity index (χ2v) is 4.07. The Labute approximate surface area is 100 Å². The number of aromatic nitrogens is 1. The summed E-state index contributed by atoms with van der Waals surface area (Å²) in [5, 5.41) is 8.31. The summed E-state index contributed by atoms with van der Waals surface area (Å²) in [6, 6.07) is 14.8. The highest BCUT2D eigenvalue weighted by Gasteiger charge is 2.04. The van der Waals surface area contributed by atoms with Gasteiger partial charge in [-0.3, -0.25) is 0 Å². The molecule has 84 valence electrons. The quantitative estimate of drug-likeness (QED) is 0.667. The maximum Gasteiger partial charge on any atom is 0.133 e. The number of nitrogens with zero attached hydrogens (tertiary/aromatic N) is 1. The second kappa shape index (κ2) is 4.06. The first-order valence-corrected chi connectivity index (χ1v) is 5.90. The van der Waals surface area contributed by atoms with Gasteiger partial charge in [0.1, 0.15) is 5.82 Å². The summed E-state index contributed by atoms with van der Waals surface area (Å²) in [6.07, 6.45) is 1.87. The number of nitrogens with one attached hydrogen (secondary N) is 1. The molecule has 0 aliphatic heterocycles. The zero-order valence-corrected chi connectivity index (χ0v) is 9.77. The van der Waals surface area contributed by atoms with Crippen molar-refractivity contribution in [1.82, 2.24) is 4.98 Å². The van der Waals surface area contributed by atoms with Gasteiger partial charge in [0.05, 0.1) is 0 Å². The van der Waals surface area contributed by atoms with Gasteiger partial charge in [-0.25, -0.2) is 4.98 Å². The Bertz CT molecular complexity index is 674. The van der Waals surface area contributed by atoms with Gasteiger partial charge in [0.25, 0.3) is 0 Å². The molecule has 0 aliphatic carbocycles. The highest BCUT2D eigenvalue weighted by molar-refractivity contribution is 6.10. The van der Waals surface area contributed by atoms with Crippen LogP contribution in [0.1, 0.15) is 6.92 Å². The Morgan fingerprint density at radius 3 is 2.71 bits per heavy atom. The molecule has 2 heteroatoms. The van der Waals surface area contributed by atoms with Gasteiger partial charge in [0.15, 0.2) is 0 Å². The van der Waals surface area contributed by atoms with Crippen LogP contribution >= 0.6 is 0 Å². The van der Waals surface area contributed by atoms with E-state index < -0.39 is 0 Å². The third-order valence-electron chi connectivity index (χ3n) is 3.01. The van der Waals surface area contributed by atoms with Crippen molar-refractivity contribution < 1.29 is 0 Å². The highest BCUT2D eigenvalue weighted by atomic mass is 15.0. The summed E-state index contributed by atoms with van der Waals surface area (Å²) in [5.41, 5.74) is 0. The predicted octanol–water partition coefficient (Wildman–Crippen LogP) is 3.82. The SMILES string of the molecule is CCNc1nccc2c1ccc1ccccc12. The zero-order valence-electron chi connectivity index (χ0n) is 9.77. The lowest BCUT2D eigenvalue weighted by Crippen LogP contribution is -1.99. The molecule has 0 radical (unpaired) electrons. The molecule has 0 saturated carbocycles. The van der Waals surface area contributed by atoms with E-state index in [0.29, 0.717) is 0 Å². The number of pyridine rings is 1. The van der Waals surface area contributed by atoms with Crippen molar-refractivity contribution in [3.05, 3.63) is 48.7 Å². The van der Waals surface area contributed by atoms with Crippen LogP contribution in [-0.2, 0) is 0 Å². The first-order chi connectivity index (χ1) is 8.40. The minimum absolute atomic E-state index is 0.888. The van der Waals surface area contributed by atoms with Crippen molar-refractivity contribution in [1.29, 1.82) is 0 Å². The topological polar surface area (TPSA) is 24.9 Å². The van der Waals surface area contributed by atoms with Gasteiger partial charge in [0.2, 0.25) is 0 Å². The first-order valence-electron chi connectivity index (χ1n) is 5.90. The number of rotatable bonds is 2. The van der Waals surface area contributed by atoms with E-state index in [-0.39, 0.29) is 0 Å². The van der Waals surface area contributed by atoms with Crippen molar-refractivity contribution in [2.45, 2.75) is 6.92 Å². The van der Waals surface area contributed by atoms with Crippen LogP contribution in [0.25, 0.3) is 21.5 Å². The molecule has 17 heavy (non-hydrogen) atoms. The zero-order chi connectivity index (χ0) is 11.7. The molecule has 0 saturated heterocycles. The monoisotopic (exact) mass is 222 g/mol. The maximum absolute atomic E-state index is 4.39. The molecular weight excluding hydrogens is 208 g/mol. The molecule has 0 spiro atoms. The van der Waals surface area contributed by atoms with Gasteiger partial charge >= 0.3 is 0 Å². The molecule has 3 rings (SSSR count). The Hall–Kier alpha value is -2.09. The number of benzene rings is 2. The Morgan fingerprint density at radius 2 is 1.82 bits per heavy atom. The molecule has 1 heterocycles. The van der Waals surface area contributed by atoms with Crippen LogP contribution < -0.4 is 5.32 Å². The van der Waals surface area contributed by atoms with E-state index in [9.17, 15) is 0 Å². The summed E-state index contributed by atoms with van der Waals surface area (Å²) in [4.78, 5) is 4.39. The van der Waals surface area contributed by atoms with Gasteiger partial charge in [-0.15, -0.1) is 0 Å². The van der Waals surface area contributed by atoms with Crippen molar-refractivity contribution in [2.75, 3.05) is 11.9 Å². The van der Waals surface area contributed by atoms with E-state index in [4.69, 9.17) is 0 Å². The van der Waals surface area contributed by atoms with Crippen LogP contribution in [0.15, 0.2) is 48.7 Å². The van der Waals surface area contributed by atoms with Crippen LogP contribution in [0.4, 0.5) is 5.82 Å². The predicted molar refractivity (Wildman–Crippen MR) is 73.4 cm³/mol. The van der Waals surface area contributed by atoms with E-state index in [0.717, 1.165) is 12.4 Å². The van der Waals surface area contributed by atoms with E-state index >= 15 is 0 Å². The van der Waals surface area contributed by atoms with Crippen LogP contribution in [0.2, 0.25) is 0 Å². The number of anilines is 1. The Kier molecular flexibility index (Phi) is 2.41. The molecule has 0 atom stereocenters. The standard InChI is InChI=1S/C15H14N2/c1-2-16-15-14-8-7-11-5-3-4-6-12(11)13(14)9-10-17-15/h3-10H,2H2,1H3,(H,16,17). The summed E-state index contributed by atoms with van der Waals surface area (Å²) >= 11 is 0.